The number of benzene rings is 2. The minimum absolute atomic E-state index is 0.0861. The Bertz CT molecular complexity index is 1120. The molecular formula is C20H16ClF3N2O3S. The first kappa shape index (κ1) is 21.9. The van der Waals surface area contributed by atoms with Crippen LogP contribution < -0.4 is 9.04 Å². The molecule has 158 valence electrons. The molecule has 3 aromatic rings. The molecule has 1 heterocycles. The number of halogens is 4. The van der Waals surface area contributed by atoms with Gasteiger partial charge in [-0.05, 0) is 35.9 Å². The molecule has 0 amide bonds. The molecule has 30 heavy (non-hydrogen) atoms. The fourth-order valence-electron chi connectivity index (χ4n) is 2.67. The maximum absolute atomic E-state index is 13.3. The fraction of sp³-hybridized carbons (Fsp3) is 0.150. The fourth-order valence-corrected chi connectivity index (χ4v) is 4.41. The summed E-state index contributed by atoms with van der Waals surface area (Å²) in [7, 11) is -2.76. The molecule has 1 aromatic heterocycles. The van der Waals surface area contributed by atoms with E-state index in [0.29, 0.717) is 23.6 Å². The van der Waals surface area contributed by atoms with Crippen molar-refractivity contribution >= 4 is 27.4 Å². The summed E-state index contributed by atoms with van der Waals surface area (Å²) in [6, 6.07) is 14.8. The second kappa shape index (κ2) is 8.53. The first-order valence-electron chi connectivity index (χ1n) is 8.56. The SMILES string of the molecule is COc1ccc(S(=O)(=O)N(Cc2ccccc2)c2ncc(C(F)(F)F)cc2Cl)cc1. The van der Waals surface area contributed by atoms with Gasteiger partial charge in [-0.2, -0.15) is 13.2 Å². The molecule has 0 bridgehead atoms. The lowest BCUT2D eigenvalue weighted by Crippen LogP contribution is -2.31. The highest BCUT2D eigenvalue weighted by molar-refractivity contribution is 7.92. The van der Waals surface area contributed by atoms with E-state index in [2.05, 4.69) is 4.98 Å². The van der Waals surface area contributed by atoms with Crippen LogP contribution in [0.1, 0.15) is 11.1 Å². The number of nitrogens with zero attached hydrogens (tertiary/aromatic N) is 2. The van der Waals surface area contributed by atoms with Crippen molar-refractivity contribution in [2.45, 2.75) is 17.6 Å². The van der Waals surface area contributed by atoms with Crippen LogP contribution in [0.4, 0.5) is 19.0 Å². The summed E-state index contributed by atoms with van der Waals surface area (Å²) in [5, 5.41) is -0.433. The number of ether oxygens (including phenoxy) is 1. The number of sulfonamides is 1. The highest BCUT2D eigenvalue weighted by Crippen LogP contribution is 2.36. The molecular weight excluding hydrogens is 441 g/mol. The van der Waals surface area contributed by atoms with Gasteiger partial charge in [0.1, 0.15) is 5.75 Å². The van der Waals surface area contributed by atoms with Gasteiger partial charge in [-0.25, -0.2) is 17.7 Å². The van der Waals surface area contributed by atoms with E-state index in [4.69, 9.17) is 16.3 Å². The van der Waals surface area contributed by atoms with Crippen molar-refractivity contribution in [1.29, 1.82) is 0 Å². The van der Waals surface area contributed by atoms with Crippen molar-refractivity contribution in [2.75, 3.05) is 11.4 Å². The van der Waals surface area contributed by atoms with Crippen LogP contribution in [0.3, 0.4) is 0 Å². The van der Waals surface area contributed by atoms with Crippen LogP contribution in [0.2, 0.25) is 5.02 Å². The molecule has 0 aliphatic carbocycles. The molecule has 10 heteroatoms. The van der Waals surface area contributed by atoms with Crippen molar-refractivity contribution in [3.63, 3.8) is 0 Å². The van der Waals surface area contributed by atoms with Crippen molar-refractivity contribution in [3.8, 4) is 5.75 Å². The lowest BCUT2D eigenvalue weighted by atomic mass is 10.2. The van der Waals surface area contributed by atoms with Crippen molar-refractivity contribution in [2.24, 2.45) is 0 Å². The van der Waals surface area contributed by atoms with Crippen LogP contribution in [-0.2, 0) is 22.7 Å². The van der Waals surface area contributed by atoms with Gasteiger partial charge in [-0.3, -0.25) is 0 Å². The smallest absolute Gasteiger partial charge is 0.417 e. The van der Waals surface area contributed by atoms with Gasteiger partial charge in [0.25, 0.3) is 10.0 Å². The second-order valence-electron chi connectivity index (χ2n) is 6.20. The molecule has 0 fully saturated rings. The third-order valence-electron chi connectivity index (χ3n) is 4.20. The van der Waals surface area contributed by atoms with Crippen LogP contribution in [-0.4, -0.2) is 20.5 Å². The zero-order valence-corrected chi connectivity index (χ0v) is 17.2. The first-order valence-corrected chi connectivity index (χ1v) is 10.4. The molecule has 5 nitrogen and oxygen atoms in total. The first-order chi connectivity index (χ1) is 14.1. The zero-order chi connectivity index (χ0) is 21.9. The Morgan fingerprint density at radius 3 is 2.23 bits per heavy atom. The van der Waals surface area contributed by atoms with Gasteiger partial charge in [-0.15, -0.1) is 0 Å². The molecule has 0 unspecified atom stereocenters. The summed E-state index contributed by atoms with van der Waals surface area (Å²) in [5.74, 6) is 0.151. The molecule has 0 radical (unpaired) electrons. The minimum atomic E-state index is -4.66. The molecule has 0 atom stereocenters. The van der Waals surface area contributed by atoms with Gasteiger partial charge in [-0.1, -0.05) is 41.9 Å². The Morgan fingerprint density at radius 2 is 1.70 bits per heavy atom. The summed E-state index contributed by atoms with van der Waals surface area (Å²) in [4.78, 5) is 3.65. The van der Waals surface area contributed by atoms with Gasteiger partial charge in [0, 0.05) is 6.20 Å². The predicted octanol–water partition coefficient (Wildman–Crippen LogP) is 5.16. The molecule has 0 saturated heterocycles. The Morgan fingerprint density at radius 1 is 1.07 bits per heavy atom. The van der Waals surface area contributed by atoms with E-state index >= 15 is 0 Å². The van der Waals surface area contributed by atoms with E-state index in [-0.39, 0.29) is 17.3 Å². The summed E-state index contributed by atoms with van der Waals surface area (Å²) in [6.45, 7) is -0.173. The summed E-state index contributed by atoms with van der Waals surface area (Å²) < 4.78 is 71.5. The Hall–Kier alpha value is -2.78. The van der Waals surface area contributed by atoms with E-state index in [9.17, 15) is 21.6 Å². The average molecular weight is 457 g/mol. The molecule has 2 aromatic carbocycles. The van der Waals surface area contributed by atoms with E-state index in [1.54, 1.807) is 30.3 Å². The molecule has 0 saturated carbocycles. The van der Waals surface area contributed by atoms with Crippen molar-refractivity contribution < 1.29 is 26.3 Å². The van der Waals surface area contributed by atoms with E-state index in [0.717, 1.165) is 4.31 Å². The number of anilines is 1. The Labute approximate surface area is 176 Å². The lowest BCUT2D eigenvalue weighted by Gasteiger charge is -2.25. The van der Waals surface area contributed by atoms with Gasteiger partial charge in [0.2, 0.25) is 0 Å². The highest BCUT2D eigenvalue weighted by atomic mass is 35.5. The molecule has 0 spiro atoms. The standard InChI is InChI=1S/C20H16ClF3N2O3S/c1-29-16-7-9-17(10-8-16)30(27,28)26(13-14-5-3-2-4-6-14)19-18(21)11-15(12-25-19)20(22,23)24/h2-12H,13H2,1H3. The van der Waals surface area contributed by atoms with Gasteiger partial charge >= 0.3 is 6.18 Å². The molecule has 0 aliphatic rings. The number of pyridine rings is 1. The molecule has 0 N–H and O–H groups in total. The van der Waals surface area contributed by atoms with Crippen LogP contribution in [0, 0.1) is 0 Å². The largest absolute Gasteiger partial charge is 0.497 e. The van der Waals surface area contributed by atoms with Crippen LogP contribution >= 0.6 is 11.6 Å². The summed E-state index contributed by atoms with van der Waals surface area (Å²) in [6.07, 6.45) is -4.10. The number of alkyl halides is 3. The van der Waals surface area contributed by atoms with Gasteiger partial charge in [0.15, 0.2) is 5.82 Å². The highest BCUT2D eigenvalue weighted by Gasteiger charge is 2.34. The van der Waals surface area contributed by atoms with Gasteiger partial charge in [0.05, 0.1) is 29.1 Å². The quantitative estimate of drug-likeness (QED) is 0.514. The number of hydrogen-bond acceptors (Lipinski definition) is 4. The number of methoxy groups -OCH3 is 1. The van der Waals surface area contributed by atoms with E-state index in [1.807, 2.05) is 0 Å². The summed E-state index contributed by atoms with van der Waals surface area (Å²) in [5.41, 5.74) is -0.467. The predicted molar refractivity (Wildman–Crippen MR) is 107 cm³/mol. The van der Waals surface area contributed by atoms with Gasteiger partial charge < -0.3 is 4.74 Å². The number of hydrogen-bond donors (Lipinski definition) is 0. The van der Waals surface area contributed by atoms with Crippen LogP contribution in [0.15, 0.2) is 71.8 Å². The maximum Gasteiger partial charge on any atom is 0.417 e. The monoisotopic (exact) mass is 456 g/mol. The lowest BCUT2D eigenvalue weighted by molar-refractivity contribution is -0.137. The van der Waals surface area contributed by atoms with Crippen molar-refractivity contribution in [1.82, 2.24) is 4.98 Å². The Kier molecular flexibility index (Phi) is 6.23. The Balaban J connectivity index is 2.11. The second-order valence-corrected chi connectivity index (χ2v) is 8.47. The van der Waals surface area contributed by atoms with Crippen molar-refractivity contribution in [3.05, 3.63) is 83.0 Å². The maximum atomic E-state index is 13.3. The topological polar surface area (TPSA) is 59.5 Å². The molecule has 3 rings (SSSR count). The third kappa shape index (κ3) is 4.68. The van der Waals surface area contributed by atoms with Crippen LogP contribution in [0.25, 0.3) is 0 Å². The average Bonchev–Trinajstić information content (AvgIpc) is 2.72. The summed E-state index contributed by atoms with van der Waals surface area (Å²) >= 11 is 6.05. The van der Waals surface area contributed by atoms with E-state index < -0.39 is 26.8 Å². The molecule has 0 aliphatic heterocycles. The zero-order valence-electron chi connectivity index (χ0n) is 15.6. The number of rotatable bonds is 6. The third-order valence-corrected chi connectivity index (χ3v) is 6.23. The van der Waals surface area contributed by atoms with E-state index in [1.165, 1.54) is 31.4 Å². The normalized spacial score (nSPS) is 11.9. The van der Waals surface area contributed by atoms with Crippen LogP contribution in [0.5, 0.6) is 5.75 Å². The minimum Gasteiger partial charge on any atom is -0.497 e. The number of aromatic nitrogens is 1.